The second-order valence-corrected chi connectivity index (χ2v) is 4.11. The minimum absolute atomic E-state index is 0.689. The molecule has 0 aliphatic carbocycles. The van der Waals surface area contributed by atoms with Crippen molar-refractivity contribution in [3.63, 3.8) is 0 Å². The van der Waals surface area contributed by atoms with Crippen molar-refractivity contribution in [1.82, 2.24) is 0 Å². The van der Waals surface area contributed by atoms with Crippen molar-refractivity contribution in [3.05, 3.63) is 27.8 Å². The molecule has 0 bridgehead atoms. The highest BCUT2D eigenvalue weighted by Gasteiger charge is 2.12. The molecule has 1 rings (SSSR count). The first-order chi connectivity index (χ1) is 7.11. The molecule has 0 heterocycles. The highest BCUT2D eigenvalue weighted by molar-refractivity contribution is 6.33. The van der Waals surface area contributed by atoms with E-state index in [-0.39, 0.29) is 0 Å². The Morgan fingerprint density at radius 1 is 1.33 bits per heavy atom. The second kappa shape index (κ2) is 5.38. The van der Waals surface area contributed by atoms with Gasteiger partial charge in [0.2, 0.25) is 0 Å². The van der Waals surface area contributed by atoms with Crippen LogP contribution < -0.4 is 10.5 Å². The van der Waals surface area contributed by atoms with Gasteiger partial charge in [-0.25, -0.2) is 0 Å². The summed E-state index contributed by atoms with van der Waals surface area (Å²) >= 11 is 6.19. The van der Waals surface area contributed by atoms with E-state index in [1.54, 1.807) is 7.11 Å². The fourth-order valence-electron chi connectivity index (χ4n) is 1.77. The maximum Gasteiger partial charge on any atom is 0.141 e. The van der Waals surface area contributed by atoms with Crippen LogP contribution >= 0.6 is 11.6 Å². The number of nitrogens with two attached hydrogens (primary N) is 1. The molecule has 0 aliphatic rings. The lowest BCUT2D eigenvalue weighted by Gasteiger charge is -2.15. The Labute approximate surface area is 96.4 Å². The molecule has 1 aromatic rings. The third-order valence-corrected chi connectivity index (χ3v) is 3.03. The van der Waals surface area contributed by atoms with Gasteiger partial charge in [-0.1, -0.05) is 17.7 Å². The summed E-state index contributed by atoms with van der Waals surface area (Å²) in [5.41, 5.74) is 8.97. The molecule has 84 valence electrons. The third kappa shape index (κ3) is 2.64. The Hall–Kier alpha value is -0.730. The van der Waals surface area contributed by atoms with Crippen molar-refractivity contribution in [2.75, 3.05) is 13.7 Å². The standard InChI is InChI=1S/C12H18ClNO/c1-8-7-9(2)11(13)12(15-3)10(8)5-4-6-14/h7H,4-6,14H2,1-3H3. The van der Waals surface area contributed by atoms with Crippen LogP contribution in [0.5, 0.6) is 5.75 Å². The van der Waals surface area contributed by atoms with Gasteiger partial charge in [0.25, 0.3) is 0 Å². The number of hydrogen-bond acceptors (Lipinski definition) is 2. The molecule has 0 saturated heterocycles. The summed E-state index contributed by atoms with van der Waals surface area (Å²) in [6, 6.07) is 2.09. The minimum Gasteiger partial charge on any atom is -0.495 e. The van der Waals surface area contributed by atoms with E-state index in [4.69, 9.17) is 22.1 Å². The molecule has 0 atom stereocenters. The van der Waals surface area contributed by atoms with Crippen LogP contribution in [-0.4, -0.2) is 13.7 Å². The van der Waals surface area contributed by atoms with E-state index in [2.05, 4.69) is 13.0 Å². The molecule has 1 aromatic carbocycles. The molecule has 0 fully saturated rings. The van der Waals surface area contributed by atoms with Gasteiger partial charge in [-0.2, -0.15) is 0 Å². The predicted molar refractivity (Wildman–Crippen MR) is 64.9 cm³/mol. The predicted octanol–water partition coefficient (Wildman–Crippen LogP) is 2.86. The van der Waals surface area contributed by atoms with Crippen LogP contribution in [0.4, 0.5) is 0 Å². The molecule has 0 radical (unpaired) electrons. The molecule has 0 aliphatic heterocycles. The SMILES string of the molecule is COc1c(Cl)c(C)cc(C)c1CCCN. The fourth-order valence-corrected chi connectivity index (χ4v) is 2.01. The first-order valence-corrected chi connectivity index (χ1v) is 5.52. The monoisotopic (exact) mass is 227 g/mol. The van der Waals surface area contributed by atoms with Gasteiger partial charge >= 0.3 is 0 Å². The van der Waals surface area contributed by atoms with E-state index in [0.29, 0.717) is 6.54 Å². The summed E-state index contributed by atoms with van der Waals surface area (Å²) in [4.78, 5) is 0. The molecule has 0 saturated carbocycles. The molecule has 2 nitrogen and oxygen atoms in total. The third-order valence-electron chi connectivity index (χ3n) is 2.56. The van der Waals surface area contributed by atoms with Crippen LogP contribution in [0.2, 0.25) is 5.02 Å². The summed E-state index contributed by atoms with van der Waals surface area (Å²) in [5, 5.41) is 0.718. The van der Waals surface area contributed by atoms with E-state index >= 15 is 0 Å². The number of aryl methyl sites for hydroxylation is 2. The van der Waals surface area contributed by atoms with Crippen LogP contribution in [0, 0.1) is 13.8 Å². The Kier molecular flexibility index (Phi) is 4.43. The summed E-state index contributed by atoms with van der Waals surface area (Å²) in [5.74, 6) is 0.808. The highest BCUT2D eigenvalue weighted by atomic mass is 35.5. The van der Waals surface area contributed by atoms with Crippen LogP contribution in [0.15, 0.2) is 6.07 Å². The van der Waals surface area contributed by atoms with Gasteiger partial charge in [-0.3, -0.25) is 0 Å². The number of halogens is 1. The second-order valence-electron chi connectivity index (χ2n) is 3.73. The Morgan fingerprint density at radius 2 is 2.00 bits per heavy atom. The fraction of sp³-hybridized carbons (Fsp3) is 0.500. The number of rotatable bonds is 4. The molecule has 15 heavy (non-hydrogen) atoms. The van der Waals surface area contributed by atoms with E-state index < -0.39 is 0 Å². The van der Waals surface area contributed by atoms with Gasteiger partial charge in [0.15, 0.2) is 0 Å². The largest absolute Gasteiger partial charge is 0.495 e. The quantitative estimate of drug-likeness (QED) is 0.859. The van der Waals surface area contributed by atoms with E-state index in [0.717, 1.165) is 29.2 Å². The molecule has 2 N–H and O–H groups in total. The summed E-state index contributed by atoms with van der Waals surface area (Å²) in [6.07, 6.45) is 1.88. The first-order valence-electron chi connectivity index (χ1n) is 5.14. The van der Waals surface area contributed by atoms with Crippen LogP contribution in [0.25, 0.3) is 0 Å². The maximum atomic E-state index is 6.19. The molecule has 0 spiro atoms. The normalized spacial score (nSPS) is 10.5. The molecule has 0 unspecified atom stereocenters. The average Bonchev–Trinajstić information content (AvgIpc) is 2.21. The smallest absolute Gasteiger partial charge is 0.141 e. The summed E-state index contributed by atoms with van der Waals surface area (Å²) in [6.45, 7) is 4.76. The zero-order valence-corrected chi connectivity index (χ0v) is 10.3. The maximum absolute atomic E-state index is 6.19. The minimum atomic E-state index is 0.689. The van der Waals surface area contributed by atoms with Crippen molar-refractivity contribution in [2.45, 2.75) is 26.7 Å². The lowest BCUT2D eigenvalue weighted by molar-refractivity contribution is 0.408. The number of methoxy groups -OCH3 is 1. The van der Waals surface area contributed by atoms with Crippen molar-refractivity contribution in [1.29, 1.82) is 0 Å². The molecule has 3 heteroatoms. The van der Waals surface area contributed by atoms with Gasteiger partial charge in [0.1, 0.15) is 5.75 Å². The number of benzene rings is 1. The van der Waals surface area contributed by atoms with Crippen molar-refractivity contribution in [3.8, 4) is 5.75 Å². The van der Waals surface area contributed by atoms with Crippen molar-refractivity contribution in [2.24, 2.45) is 5.73 Å². The Bertz CT molecular complexity index is 350. The topological polar surface area (TPSA) is 35.2 Å². The molecule has 0 aromatic heterocycles. The first kappa shape index (κ1) is 12.3. The molecule has 0 amide bonds. The van der Waals surface area contributed by atoms with Gasteiger partial charge in [0.05, 0.1) is 12.1 Å². The summed E-state index contributed by atoms with van der Waals surface area (Å²) < 4.78 is 5.36. The van der Waals surface area contributed by atoms with E-state index in [9.17, 15) is 0 Å². The van der Waals surface area contributed by atoms with Crippen molar-refractivity contribution < 1.29 is 4.74 Å². The van der Waals surface area contributed by atoms with E-state index in [1.165, 1.54) is 11.1 Å². The zero-order chi connectivity index (χ0) is 11.4. The van der Waals surface area contributed by atoms with Crippen LogP contribution in [0.1, 0.15) is 23.1 Å². The molecular weight excluding hydrogens is 210 g/mol. The number of hydrogen-bond donors (Lipinski definition) is 1. The lowest BCUT2D eigenvalue weighted by atomic mass is 10.00. The Balaban J connectivity index is 3.16. The van der Waals surface area contributed by atoms with Crippen LogP contribution in [0.3, 0.4) is 0 Å². The summed E-state index contributed by atoms with van der Waals surface area (Å²) in [7, 11) is 1.66. The van der Waals surface area contributed by atoms with Gasteiger partial charge in [0, 0.05) is 0 Å². The van der Waals surface area contributed by atoms with Crippen molar-refractivity contribution >= 4 is 11.6 Å². The zero-order valence-electron chi connectivity index (χ0n) is 9.56. The lowest BCUT2D eigenvalue weighted by Crippen LogP contribution is -2.04. The van der Waals surface area contributed by atoms with Gasteiger partial charge in [-0.05, 0) is 49.9 Å². The van der Waals surface area contributed by atoms with Gasteiger partial charge < -0.3 is 10.5 Å². The molecular formula is C12H18ClNO. The number of ether oxygens (including phenoxy) is 1. The van der Waals surface area contributed by atoms with Crippen LogP contribution in [-0.2, 0) is 6.42 Å². The highest BCUT2D eigenvalue weighted by Crippen LogP contribution is 2.34. The van der Waals surface area contributed by atoms with Gasteiger partial charge in [-0.15, -0.1) is 0 Å². The van der Waals surface area contributed by atoms with E-state index in [1.807, 2.05) is 6.92 Å². The average molecular weight is 228 g/mol. The Morgan fingerprint density at radius 3 is 2.53 bits per heavy atom.